The van der Waals surface area contributed by atoms with E-state index in [0.717, 1.165) is 25.7 Å². The summed E-state index contributed by atoms with van der Waals surface area (Å²) in [5.74, 6) is 0.451. The van der Waals surface area contributed by atoms with Crippen LogP contribution in [0.1, 0.15) is 46.5 Å². The molecular weight excluding hydrogens is 210 g/mol. The zero-order valence-corrected chi connectivity index (χ0v) is 11.2. The minimum Gasteiger partial charge on any atom is -0.344 e. The van der Waals surface area contributed by atoms with Crippen molar-refractivity contribution >= 4 is 17.5 Å². The molecule has 0 aromatic rings. The molecule has 0 aromatic carbocycles. The van der Waals surface area contributed by atoms with Crippen molar-refractivity contribution in [1.82, 2.24) is 4.90 Å². The third kappa shape index (κ3) is 6.03. The summed E-state index contributed by atoms with van der Waals surface area (Å²) in [5.41, 5.74) is 0. The third-order valence-corrected chi connectivity index (χ3v) is 2.66. The maximum atomic E-state index is 12.0. The molecule has 0 aliphatic heterocycles. The summed E-state index contributed by atoms with van der Waals surface area (Å²) in [6, 6.07) is 0. The molecule has 0 aliphatic carbocycles. The zero-order chi connectivity index (χ0) is 11.8. The van der Waals surface area contributed by atoms with E-state index < -0.39 is 0 Å². The highest BCUT2D eigenvalue weighted by Crippen LogP contribution is 2.16. The van der Waals surface area contributed by atoms with E-state index >= 15 is 0 Å². The fourth-order valence-electron chi connectivity index (χ4n) is 1.87. The van der Waals surface area contributed by atoms with E-state index in [-0.39, 0.29) is 17.2 Å². The molecule has 15 heavy (non-hydrogen) atoms. The molecule has 0 spiro atoms. The maximum absolute atomic E-state index is 12.0. The van der Waals surface area contributed by atoms with E-state index in [9.17, 15) is 4.79 Å². The molecule has 0 N–H and O–H groups in total. The number of hydrogen-bond donors (Lipinski definition) is 0. The average Bonchev–Trinajstić information content (AvgIpc) is 2.15. The number of nitrogens with zero attached hydrogens (tertiary/aromatic N) is 1. The molecule has 0 aliphatic rings. The van der Waals surface area contributed by atoms with Gasteiger partial charge >= 0.3 is 0 Å². The van der Waals surface area contributed by atoms with Gasteiger partial charge in [0.15, 0.2) is 0 Å². The van der Waals surface area contributed by atoms with Gasteiger partial charge in [0.2, 0.25) is 5.91 Å². The number of hydrogen-bond acceptors (Lipinski definition) is 1. The van der Waals surface area contributed by atoms with Crippen molar-refractivity contribution in [2.75, 3.05) is 13.6 Å². The summed E-state index contributed by atoms with van der Waals surface area (Å²) in [6.45, 7) is 6.81. The highest BCUT2D eigenvalue weighted by Gasteiger charge is 2.20. The van der Waals surface area contributed by atoms with Crippen LogP contribution >= 0.6 is 11.6 Å². The molecule has 0 aromatic heterocycles. The first kappa shape index (κ1) is 14.8. The molecule has 1 unspecified atom stereocenters. The van der Waals surface area contributed by atoms with Crippen molar-refractivity contribution in [3.8, 4) is 0 Å². The second kappa shape index (κ2) is 7.98. The lowest BCUT2D eigenvalue weighted by Gasteiger charge is -2.24. The van der Waals surface area contributed by atoms with E-state index in [2.05, 4.69) is 13.8 Å². The van der Waals surface area contributed by atoms with E-state index in [1.807, 2.05) is 14.0 Å². The molecule has 0 heterocycles. The number of carbonyl (C=O) groups excluding carboxylic acids is 1. The fraction of sp³-hybridized carbons (Fsp3) is 0.917. The quantitative estimate of drug-likeness (QED) is 0.618. The van der Waals surface area contributed by atoms with Crippen molar-refractivity contribution in [1.29, 1.82) is 0 Å². The largest absolute Gasteiger partial charge is 0.344 e. The molecule has 0 saturated carbocycles. The number of alkyl halides is 1. The number of carbonyl (C=O) groups is 1. The lowest BCUT2D eigenvalue weighted by molar-refractivity contribution is -0.134. The number of rotatable bonds is 7. The van der Waals surface area contributed by atoms with Gasteiger partial charge in [-0.05, 0) is 19.8 Å². The van der Waals surface area contributed by atoms with Crippen LogP contribution in [0.4, 0.5) is 0 Å². The lowest BCUT2D eigenvalue weighted by Crippen LogP contribution is -2.36. The summed E-state index contributed by atoms with van der Waals surface area (Å²) in [5, 5.41) is 0.0304. The van der Waals surface area contributed by atoms with Crippen molar-refractivity contribution in [2.24, 2.45) is 5.92 Å². The molecular formula is C12H24ClNO. The Morgan fingerprint density at radius 3 is 2.07 bits per heavy atom. The Kier molecular flexibility index (Phi) is 7.85. The standard InChI is InChI=1S/C12H24ClNO/c1-5-7-11(8-6-2)12(15)14(4)9-10(3)13/h10-11H,5-9H2,1-4H3. The molecule has 0 rings (SSSR count). The van der Waals surface area contributed by atoms with Crippen molar-refractivity contribution < 1.29 is 4.79 Å². The monoisotopic (exact) mass is 233 g/mol. The van der Waals surface area contributed by atoms with Crippen LogP contribution in [0.2, 0.25) is 0 Å². The highest BCUT2D eigenvalue weighted by molar-refractivity contribution is 6.20. The number of amides is 1. The van der Waals surface area contributed by atoms with E-state index in [0.29, 0.717) is 6.54 Å². The van der Waals surface area contributed by atoms with Crippen LogP contribution in [-0.4, -0.2) is 29.8 Å². The molecule has 3 heteroatoms. The molecule has 0 bridgehead atoms. The maximum Gasteiger partial charge on any atom is 0.225 e. The molecule has 0 radical (unpaired) electrons. The van der Waals surface area contributed by atoms with Gasteiger partial charge in [-0.25, -0.2) is 0 Å². The second-order valence-electron chi connectivity index (χ2n) is 4.27. The minimum absolute atomic E-state index is 0.0304. The first-order valence-electron chi connectivity index (χ1n) is 5.91. The summed E-state index contributed by atoms with van der Waals surface area (Å²) >= 11 is 5.88. The second-order valence-corrected chi connectivity index (χ2v) is 5.02. The smallest absolute Gasteiger partial charge is 0.225 e. The van der Waals surface area contributed by atoms with Gasteiger partial charge < -0.3 is 4.90 Å². The van der Waals surface area contributed by atoms with Crippen molar-refractivity contribution in [3.63, 3.8) is 0 Å². The summed E-state index contributed by atoms with van der Waals surface area (Å²) in [7, 11) is 1.85. The topological polar surface area (TPSA) is 20.3 Å². The first-order chi connectivity index (χ1) is 7.02. The molecule has 90 valence electrons. The van der Waals surface area contributed by atoms with Gasteiger partial charge in [-0.2, -0.15) is 0 Å². The lowest BCUT2D eigenvalue weighted by atomic mass is 9.97. The van der Waals surface area contributed by atoms with Gasteiger partial charge in [0.25, 0.3) is 0 Å². The Balaban J connectivity index is 4.21. The van der Waals surface area contributed by atoms with Gasteiger partial charge in [-0.3, -0.25) is 4.79 Å². The van der Waals surface area contributed by atoms with Crippen LogP contribution in [0.5, 0.6) is 0 Å². The normalized spacial score (nSPS) is 12.9. The Bertz CT molecular complexity index is 176. The first-order valence-corrected chi connectivity index (χ1v) is 6.35. The Morgan fingerprint density at radius 2 is 1.73 bits per heavy atom. The van der Waals surface area contributed by atoms with E-state index in [4.69, 9.17) is 11.6 Å². The van der Waals surface area contributed by atoms with Crippen LogP contribution < -0.4 is 0 Å². The van der Waals surface area contributed by atoms with Crippen LogP contribution in [0.15, 0.2) is 0 Å². The summed E-state index contributed by atoms with van der Waals surface area (Å²) in [4.78, 5) is 13.8. The summed E-state index contributed by atoms with van der Waals surface area (Å²) < 4.78 is 0. The predicted molar refractivity (Wildman–Crippen MR) is 66.3 cm³/mol. The molecule has 0 fully saturated rings. The van der Waals surface area contributed by atoms with Crippen LogP contribution in [-0.2, 0) is 4.79 Å². The van der Waals surface area contributed by atoms with Gasteiger partial charge in [0, 0.05) is 24.9 Å². The van der Waals surface area contributed by atoms with E-state index in [1.165, 1.54) is 0 Å². The van der Waals surface area contributed by atoms with E-state index in [1.54, 1.807) is 4.90 Å². The molecule has 1 amide bonds. The van der Waals surface area contributed by atoms with Crippen LogP contribution in [0.25, 0.3) is 0 Å². The van der Waals surface area contributed by atoms with Gasteiger partial charge in [0.05, 0.1) is 0 Å². The van der Waals surface area contributed by atoms with Gasteiger partial charge in [-0.1, -0.05) is 26.7 Å². The molecule has 1 atom stereocenters. The zero-order valence-electron chi connectivity index (χ0n) is 10.4. The Labute approximate surface area is 99.0 Å². The fourth-order valence-corrected chi connectivity index (χ4v) is 2.07. The third-order valence-electron chi connectivity index (χ3n) is 2.53. The van der Waals surface area contributed by atoms with Crippen molar-refractivity contribution in [3.05, 3.63) is 0 Å². The molecule has 0 saturated heterocycles. The van der Waals surface area contributed by atoms with Gasteiger partial charge in [0.1, 0.15) is 0 Å². The van der Waals surface area contributed by atoms with Crippen molar-refractivity contribution in [2.45, 2.75) is 51.8 Å². The summed E-state index contributed by atoms with van der Waals surface area (Å²) in [6.07, 6.45) is 4.13. The SMILES string of the molecule is CCCC(CCC)C(=O)N(C)CC(C)Cl. The minimum atomic E-state index is 0.0304. The Morgan fingerprint density at radius 1 is 1.27 bits per heavy atom. The molecule has 2 nitrogen and oxygen atoms in total. The highest BCUT2D eigenvalue weighted by atomic mass is 35.5. The predicted octanol–water partition coefficient (Wildman–Crippen LogP) is 3.29. The average molecular weight is 234 g/mol. The number of halogens is 1. The van der Waals surface area contributed by atoms with Crippen LogP contribution in [0, 0.1) is 5.92 Å². The van der Waals surface area contributed by atoms with Crippen LogP contribution in [0.3, 0.4) is 0 Å². The Hall–Kier alpha value is -0.240. The van der Waals surface area contributed by atoms with Gasteiger partial charge in [-0.15, -0.1) is 11.6 Å².